The first-order chi connectivity index (χ1) is 9.58. The number of carbonyl (C=O) groups excluding carboxylic acids is 1. The van der Waals surface area contributed by atoms with Crippen molar-refractivity contribution in [1.82, 2.24) is 4.98 Å². The van der Waals surface area contributed by atoms with Gasteiger partial charge in [-0.1, -0.05) is 6.07 Å². The first kappa shape index (κ1) is 14.1. The van der Waals surface area contributed by atoms with Gasteiger partial charge in [-0.2, -0.15) is 0 Å². The third-order valence-electron chi connectivity index (χ3n) is 3.25. The Hall–Kier alpha value is -2.30. The number of esters is 1. The molecule has 5 heteroatoms. The Morgan fingerprint density at radius 1 is 1.35 bits per heavy atom. The lowest BCUT2D eigenvalue weighted by Gasteiger charge is -2.13. The van der Waals surface area contributed by atoms with Gasteiger partial charge in [0.15, 0.2) is 0 Å². The number of pyridine rings is 1. The lowest BCUT2D eigenvalue weighted by Crippen LogP contribution is -2.16. The van der Waals surface area contributed by atoms with Crippen molar-refractivity contribution in [2.45, 2.75) is 19.8 Å². The smallest absolute Gasteiger partial charge is 0.313 e. The summed E-state index contributed by atoms with van der Waals surface area (Å²) < 4.78 is 10.1. The van der Waals surface area contributed by atoms with Crippen LogP contribution in [0.15, 0.2) is 29.2 Å². The molecule has 0 saturated carbocycles. The van der Waals surface area contributed by atoms with Crippen LogP contribution in [0.3, 0.4) is 0 Å². The summed E-state index contributed by atoms with van der Waals surface area (Å²) in [6, 6.07) is 5.22. The van der Waals surface area contributed by atoms with Crippen LogP contribution in [0, 0.1) is 0 Å². The van der Waals surface area contributed by atoms with Gasteiger partial charge in [-0.15, -0.1) is 0 Å². The summed E-state index contributed by atoms with van der Waals surface area (Å²) >= 11 is 0. The molecule has 0 aliphatic rings. The highest BCUT2D eigenvalue weighted by atomic mass is 16.5. The number of hydrogen-bond donors (Lipinski definition) is 1. The SMILES string of the molecule is CCOC(=O)C(C)c1c[nH]c(=O)c2cc(OC)ccc12. The molecule has 106 valence electrons. The van der Waals surface area contributed by atoms with Gasteiger partial charge in [0, 0.05) is 6.20 Å². The molecule has 0 spiro atoms. The molecular formula is C15H17NO4. The van der Waals surface area contributed by atoms with Crippen molar-refractivity contribution in [2.24, 2.45) is 0 Å². The fourth-order valence-corrected chi connectivity index (χ4v) is 2.14. The van der Waals surface area contributed by atoms with Crippen LogP contribution >= 0.6 is 0 Å². The second-order valence-corrected chi connectivity index (χ2v) is 4.46. The van der Waals surface area contributed by atoms with E-state index < -0.39 is 5.92 Å². The van der Waals surface area contributed by atoms with Gasteiger partial charge in [-0.05, 0) is 36.9 Å². The van der Waals surface area contributed by atoms with Gasteiger partial charge in [-0.3, -0.25) is 9.59 Å². The maximum Gasteiger partial charge on any atom is 0.313 e. The van der Waals surface area contributed by atoms with Crippen LogP contribution in [-0.2, 0) is 9.53 Å². The molecule has 1 N–H and O–H groups in total. The fourth-order valence-electron chi connectivity index (χ4n) is 2.14. The molecule has 0 amide bonds. The lowest BCUT2D eigenvalue weighted by molar-refractivity contribution is -0.144. The Bertz CT molecular complexity index is 690. The van der Waals surface area contributed by atoms with Crippen LogP contribution in [0.25, 0.3) is 10.8 Å². The summed E-state index contributed by atoms with van der Waals surface area (Å²) in [5.41, 5.74) is 0.527. The Morgan fingerprint density at radius 2 is 2.10 bits per heavy atom. The molecule has 1 aromatic carbocycles. The van der Waals surface area contributed by atoms with Crippen molar-refractivity contribution in [3.63, 3.8) is 0 Å². The van der Waals surface area contributed by atoms with Crippen LogP contribution in [0.2, 0.25) is 0 Å². The normalized spacial score (nSPS) is 12.2. The van der Waals surface area contributed by atoms with Crippen molar-refractivity contribution in [2.75, 3.05) is 13.7 Å². The summed E-state index contributed by atoms with van der Waals surface area (Å²) in [5.74, 6) is -0.150. The number of hydrogen-bond acceptors (Lipinski definition) is 4. The molecule has 2 aromatic rings. The molecule has 0 aliphatic carbocycles. The van der Waals surface area contributed by atoms with Crippen LogP contribution in [0.1, 0.15) is 25.3 Å². The van der Waals surface area contributed by atoms with E-state index in [9.17, 15) is 9.59 Å². The number of methoxy groups -OCH3 is 1. The number of nitrogens with one attached hydrogen (secondary N) is 1. The van der Waals surface area contributed by atoms with E-state index in [0.717, 1.165) is 10.9 Å². The minimum atomic E-state index is -0.442. The van der Waals surface area contributed by atoms with Gasteiger partial charge in [-0.25, -0.2) is 0 Å². The quantitative estimate of drug-likeness (QED) is 0.869. The highest BCUT2D eigenvalue weighted by Crippen LogP contribution is 2.26. The molecule has 5 nitrogen and oxygen atoms in total. The number of rotatable bonds is 4. The average Bonchev–Trinajstić information content (AvgIpc) is 2.47. The number of aromatic nitrogens is 1. The zero-order valence-corrected chi connectivity index (χ0v) is 11.7. The van der Waals surface area contributed by atoms with E-state index in [4.69, 9.17) is 9.47 Å². The first-order valence-electron chi connectivity index (χ1n) is 6.44. The van der Waals surface area contributed by atoms with Crippen LogP contribution in [-0.4, -0.2) is 24.7 Å². The Morgan fingerprint density at radius 3 is 2.75 bits per heavy atom. The van der Waals surface area contributed by atoms with Gasteiger partial charge in [0.2, 0.25) is 0 Å². The largest absolute Gasteiger partial charge is 0.497 e. The molecule has 0 saturated heterocycles. The number of fused-ring (bicyclic) bond motifs is 1. The van der Waals surface area contributed by atoms with Crippen molar-refractivity contribution >= 4 is 16.7 Å². The van der Waals surface area contributed by atoms with E-state index in [1.165, 1.54) is 0 Å². The summed E-state index contributed by atoms with van der Waals surface area (Å²) in [4.78, 5) is 26.4. The van der Waals surface area contributed by atoms with Gasteiger partial charge in [0.25, 0.3) is 5.56 Å². The second kappa shape index (κ2) is 5.77. The first-order valence-corrected chi connectivity index (χ1v) is 6.44. The van der Waals surface area contributed by atoms with E-state index in [0.29, 0.717) is 17.7 Å². The van der Waals surface area contributed by atoms with E-state index in [1.807, 2.05) is 0 Å². The predicted octanol–water partition coefficient (Wildman–Crippen LogP) is 2.20. The molecule has 1 heterocycles. The molecule has 0 fully saturated rings. The third-order valence-corrected chi connectivity index (χ3v) is 3.25. The second-order valence-electron chi connectivity index (χ2n) is 4.46. The topological polar surface area (TPSA) is 68.4 Å². The minimum Gasteiger partial charge on any atom is -0.497 e. The molecule has 20 heavy (non-hydrogen) atoms. The van der Waals surface area contributed by atoms with E-state index in [1.54, 1.807) is 45.4 Å². The van der Waals surface area contributed by atoms with E-state index >= 15 is 0 Å². The van der Waals surface area contributed by atoms with E-state index in [2.05, 4.69) is 4.98 Å². The van der Waals surface area contributed by atoms with Crippen molar-refractivity contribution in [3.8, 4) is 5.75 Å². The number of benzene rings is 1. The third kappa shape index (κ3) is 2.52. The summed E-state index contributed by atoms with van der Waals surface area (Å²) in [7, 11) is 1.54. The monoisotopic (exact) mass is 275 g/mol. The standard InChI is InChI=1S/C15H17NO4/c1-4-20-15(18)9(2)13-8-16-14(17)12-7-10(19-3)5-6-11(12)13/h5-9H,4H2,1-3H3,(H,16,17). The minimum absolute atomic E-state index is 0.210. The molecule has 1 aromatic heterocycles. The number of H-pyrrole nitrogens is 1. The molecule has 0 aliphatic heterocycles. The van der Waals surface area contributed by atoms with Crippen LogP contribution in [0.4, 0.5) is 0 Å². The number of carbonyl (C=O) groups is 1. The van der Waals surface area contributed by atoms with E-state index in [-0.39, 0.29) is 11.5 Å². The van der Waals surface area contributed by atoms with Crippen molar-refractivity contribution < 1.29 is 14.3 Å². The average molecular weight is 275 g/mol. The fraction of sp³-hybridized carbons (Fsp3) is 0.333. The highest BCUT2D eigenvalue weighted by molar-refractivity contribution is 5.91. The Kier molecular flexibility index (Phi) is 4.08. The van der Waals surface area contributed by atoms with Crippen LogP contribution < -0.4 is 10.3 Å². The lowest BCUT2D eigenvalue weighted by atomic mass is 9.97. The molecule has 1 atom stereocenters. The van der Waals surface area contributed by atoms with Gasteiger partial charge in [0.05, 0.1) is 25.0 Å². The zero-order chi connectivity index (χ0) is 14.7. The molecule has 1 unspecified atom stereocenters. The van der Waals surface area contributed by atoms with Crippen molar-refractivity contribution in [1.29, 1.82) is 0 Å². The van der Waals surface area contributed by atoms with Gasteiger partial charge >= 0.3 is 5.97 Å². The summed E-state index contributed by atoms with van der Waals surface area (Å²) in [6.07, 6.45) is 1.57. The molecule has 0 bridgehead atoms. The Balaban J connectivity index is 2.58. The van der Waals surface area contributed by atoms with Gasteiger partial charge < -0.3 is 14.5 Å². The number of aromatic amines is 1. The maximum absolute atomic E-state index is 11.9. The highest BCUT2D eigenvalue weighted by Gasteiger charge is 2.19. The molecule has 2 rings (SSSR count). The number of ether oxygens (including phenoxy) is 2. The predicted molar refractivity (Wildman–Crippen MR) is 76.2 cm³/mol. The van der Waals surface area contributed by atoms with Crippen molar-refractivity contribution in [3.05, 3.63) is 40.3 Å². The maximum atomic E-state index is 11.9. The summed E-state index contributed by atoms with van der Waals surface area (Å²) in [5, 5.41) is 1.23. The van der Waals surface area contributed by atoms with Crippen LogP contribution in [0.5, 0.6) is 5.75 Å². The molecule has 0 radical (unpaired) electrons. The summed E-state index contributed by atoms with van der Waals surface area (Å²) in [6.45, 7) is 3.86. The zero-order valence-electron chi connectivity index (χ0n) is 11.7. The molecular weight excluding hydrogens is 258 g/mol. The van der Waals surface area contributed by atoms with Gasteiger partial charge in [0.1, 0.15) is 5.75 Å². The Labute approximate surface area is 116 Å².